The second kappa shape index (κ2) is 8.14. The van der Waals surface area contributed by atoms with Gasteiger partial charge in [-0.1, -0.05) is 37.6 Å². The van der Waals surface area contributed by atoms with Crippen molar-refractivity contribution in [3.05, 3.63) is 35.4 Å². The second-order valence-electron chi connectivity index (χ2n) is 6.21. The van der Waals surface area contributed by atoms with Crippen molar-refractivity contribution in [1.82, 2.24) is 9.80 Å². The lowest BCUT2D eigenvalue weighted by Gasteiger charge is -2.37. The van der Waals surface area contributed by atoms with Crippen molar-refractivity contribution in [3.63, 3.8) is 0 Å². The molecule has 1 aromatic carbocycles. The minimum absolute atomic E-state index is 0.0499. The van der Waals surface area contributed by atoms with E-state index in [4.69, 9.17) is 0 Å². The molecule has 0 fully saturated rings. The van der Waals surface area contributed by atoms with Crippen LogP contribution in [0, 0.1) is 0 Å². The predicted octanol–water partition coefficient (Wildman–Crippen LogP) is 3.17. The van der Waals surface area contributed by atoms with Crippen molar-refractivity contribution < 1.29 is 9.59 Å². The Bertz CT molecular complexity index is 556. The van der Waals surface area contributed by atoms with Crippen LogP contribution in [0.25, 0.3) is 0 Å². The molecule has 0 spiro atoms. The highest BCUT2D eigenvalue weighted by atomic mass is 16.2. The quantitative estimate of drug-likeness (QED) is 0.809. The molecule has 1 atom stereocenters. The Kier molecular flexibility index (Phi) is 6.20. The number of amides is 2. The van der Waals surface area contributed by atoms with Crippen molar-refractivity contribution in [3.8, 4) is 0 Å². The third-order valence-corrected chi connectivity index (χ3v) is 4.70. The molecular formula is C19H28N2O2. The van der Waals surface area contributed by atoms with E-state index in [1.54, 1.807) is 6.92 Å². The lowest BCUT2D eigenvalue weighted by atomic mass is 9.90. The molecule has 4 nitrogen and oxygen atoms in total. The van der Waals surface area contributed by atoms with E-state index in [9.17, 15) is 9.59 Å². The molecule has 0 saturated heterocycles. The highest BCUT2D eigenvalue weighted by Crippen LogP contribution is 2.32. The van der Waals surface area contributed by atoms with E-state index >= 15 is 0 Å². The van der Waals surface area contributed by atoms with Crippen molar-refractivity contribution in [1.29, 1.82) is 0 Å². The van der Waals surface area contributed by atoms with Gasteiger partial charge in [-0.05, 0) is 30.9 Å². The number of carbonyl (C=O) groups is 2. The summed E-state index contributed by atoms with van der Waals surface area (Å²) in [7, 11) is 0. The number of hydrogen-bond acceptors (Lipinski definition) is 2. The van der Waals surface area contributed by atoms with Gasteiger partial charge in [0.2, 0.25) is 11.8 Å². The van der Waals surface area contributed by atoms with Crippen molar-refractivity contribution in [2.24, 2.45) is 0 Å². The fourth-order valence-electron chi connectivity index (χ4n) is 3.35. The molecule has 0 aliphatic carbocycles. The van der Waals surface area contributed by atoms with Gasteiger partial charge >= 0.3 is 0 Å². The molecule has 126 valence electrons. The van der Waals surface area contributed by atoms with Crippen LogP contribution >= 0.6 is 0 Å². The van der Waals surface area contributed by atoms with E-state index in [-0.39, 0.29) is 17.9 Å². The average molecular weight is 316 g/mol. The Morgan fingerprint density at radius 3 is 2.65 bits per heavy atom. The lowest BCUT2D eigenvalue weighted by Crippen LogP contribution is -2.42. The zero-order valence-corrected chi connectivity index (χ0v) is 14.5. The number of nitrogens with zero attached hydrogens (tertiary/aromatic N) is 2. The molecule has 4 heteroatoms. The minimum Gasteiger partial charge on any atom is -0.343 e. The summed E-state index contributed by atoms with van der Waals surface area (Å²) in [5.74, 6) is 0.197. The standard InChI is InChI=1S/C19H28N2O2/c1-4-6-12-20(5-2)19(23)14-18-17-10-8-7-9-16(17)11-13-21(18)15(3)22/h7-10,18H,4-6,11-14H2,1-3H3. The normalized spacial score (nSPS) is 16.8. The van der Waals surface area contributed by atoms with Crippen molar-refractivity contribution in [2.75, 3.05) is 19.6 Å². The second-order valence-corrected chi connectivity index (χ2v) is 6.21. The van der Waals surface area contributed by atoms with E-state index < -0.39 is 0 Å². The summed E-state index contributed by atoms with van der Waals surface area (Å²) in [5.41, 5.74) is 2.40. The molecule has 0 N–H and O–H groups in total. The highest BCUT2D eigenvalue weighted by Gasteiger charge is 2.31. The third kappa shape index (κ3) is 4.12. The summed E-state index contributed by atoms with van der Waals surface area (Å²) < 4.78 is 0. The topological polar surface area (TPSA) is 40.6 Å². The molecular weight excluding hydrogens is 288 g/mol. The molecule has 23 heavy (non-hydrogen) atoms. The van der Waals surface area contributed by atoms with Gasteiger partial charge in [0.15, 0.2) is 0 Å². The van der Waals surface area contributed by atoms with Gasteiger partial charge in [0.25, 0.3) is 0 Å². The van der Waals surface area contributed by atoms with E-state index in [2.05, 4.69) is 19.1 Å². The summed E-state index contributed by atoms with van der Waals surface area (Å²) in [6.07, 6.45) is 3.36. The van der Waals surface area contributed by atoms with Crippen LogP contribution in [-0.4, -0.2) is 41.2 Å². The van der Waals surface area contributed by atoms with Gasteiger partial charge in [0.05, 0.1) is 12.5 Å². The number of rotatable bonds is 6. The third-order valence-electron chi connectivity index (χ3n) is 4.70. The first-order chi connectivity index (χ1) is 11.1. The van der Waals surface area contributed by atoms with Crippen LogP contribution in [0.4, 0.5) is 0 Å². The van der Waals surface area contributed by atoms with Gasteiger partial charge < -0.3 is 9.80 Å². The molecule has 0 bridgehead atoms. The van der Waals surface area contributed by atoms with E-state index in [0.717, 1.165) is 37.9 Å². The van der Waals surface area contributed by atoms with Gasteiger partial charge in [0.1, 0.15) is 0 Å². The van der Waals surface area contributed by atoms with E-state index in [1.807, 2.05) is 28.9 Å². The highest BCUT2D eigenvalue weighted by molar-refractivity contribution is 5.79. The van der Waals surface area contributed by atoms with Crippen LogP contribution in [0.1, 0.15) is 57.2 Å². The van der Waals surface area contributed by atoms with Crippen LogP contribution in [0.3, 0.4) is 0 Å². The van der Waals surface area contributed by atoms with Crippen LogP contribution in [0.15, 0.2) is 24.3 Å². The minimum atomic E-state index is -0.124. The lowest BCUT2D eigenvalue weighted by molar-refractivity contribution is -0.136. The average Bonchev–Trinajstić information content (AvgIpc) is 2.55. The Balaban J connectivity index is 2.20. The Morgan fingerprint density at radius 1 is 1.26 bits per heavy atom. The Labute approximate surface area is 139 Å². The molecule has 2 rings (SSSR count). The molecule has 1 unspecified atom stereocenters. The van der Waals surface area contributed by atoms with Gasteiger partial charge in [0, 0.05) is 26.6 Å². The smallest absolute Gasteiger partial charge is 0.224 e. The summed E-state index contributed by atoms with van der Waals surface area (Å²) in [5, 5.41) is 0. The maximum Gasteiger partial charge on any atom is 0.224 e. The van der Waals surface area contributed by atoms with Gasteiger partial charge in [-0.25, -0.2) is 0 Å². The molecule has 1 heterocycles. The van der Waals surface area contributed by atoms with E-state index in [1.165, 1.54) is 5.56 Å². The summed E-state index contributed by atoms with van der Waals surface area (Å²) in [6.45, 7) is 7.98. The van der Waals surface area contributed by atoms with E-state index in [0.29, 0.717) is 13.0 Å². The van der Waals surface area contributed by atoms with Crippen LogP contribution in [0.2, 0.25) is 0 Å². The number of benzene rings is 1. The maximum atomic E-state index is 12.7. The fraction of sp³-hybridized carbons (Fsp3) is 0.579. The zero-order chi connectivity index (χ0) is 16.8. The summed E-state index contributed by atoms with van der Waals surface area (Å²) >= 11 is 0. The maximum absolute atomic E-state index is 12.7. The number of hydrogen-bond donors (Lipinski definition) is 0. The zero-order valence-electron chi connectivity index (χ0n) is 14.5. The molecule has 1 aromatic rings. The van der Waals surface area contributed by atoms with Crippen molar-refractivity contribution >= 4 is 11.8 Å². The summed E-state index contributed by atoms with van der Waals surface area (Å²) in [6, 6.07) is 8.07. The monoisotopic (exact) mass is 316 g/mol. The first-order valence-corrected chi connectivity index (χ1v) is 8.71. The molecule has 0 saturated carbocycles. The number of unbranched alkanes of at least 4 members (excludes halogenated alkanes) is 1. The number of fused-ring (bicyclic) bond motifs is 1. The largest absolute Gasteiger partial charge is 0.343 e. The molecule has 0 aromatic heterocycles. The van der Waals surface area contributed by atoms with Gasteiger partial charge in [-0.3, -0.25) is 9.59 Å². The Hall–Kier alpha value is -1.84. The molecule has 1 aliphatic rings. The molecule has 2 amide bonds. The van der Waals surface area contributed by atoms with Crippen molar-refractivity contribution in [2.45, 2.75) is 52.5 Å². The molecule has 0 radical (unpaired) electrons. The first-order valence-electron chi connectivity index (χ1n) is 8.71. The van der Waals surface area contributed by atoms with Crippen LogP contribution in [0.5, 0.6) is 0 Å². The predicted molar refractivity (Wildman–Crippen MR) is 92.1 cm³/mol. The first kappa shape index (κ1) is 17.5. The fourth-order valence-corrected chi connectivity index (χ4v) is 3.35. The number of carbonyl (C=O) groups excluding carboxylic acids is 2. The van der Waals surface area contributed by atoms with Crippen LogP contribution in [-0.2, 0) is 16.0 Å². The Morgan fingerprint density at radius 2 is 2.00 bits per heavy atom. The van der Waals surface area contributed by atoms with Crippen LogP contribution < -0.4 is 0 Å². The van der Waals surface area contributed by atoms with Gasteiger partial charge in [-0.2, -0.15) is 0 Å². The van der Waals surface area contributed by atoms with Gasteiger partial charge in [-0.15, -0.1) is 0 Å². The SMILES string of the molecule is CCCCN(CC)C(=O)CC1c2ccccc2CCN1C(C)=O. The summed E-state index contributed by atoms with van der Waals surface area (Å²) in [4.78, 5) is 28.5. The molecule has 1 aliphatic heterocycles.